The number of nitrogens with zero attached hydrogens (tertiary/aromatic N) is 2. The predicted octanol–water partition coefficient (Wildman–Crippen LogP) is 1.55. The maximum Gasteiger partial charge on any atom is 0.264 e. The second-order valence-corrected chi connectivity index (χ2v) is 7.71. The van der Waals surface area contributed by atoms with Gasteiger partial charge in [0.2, 0.25) is 11.9 Å². The van der Waals surface area contributed by atoms with Crippen LogP contribution >= 0.6 is 0 Å². The van der Waals surface area contributed by atoms with E-state index >= 15 is 0 Å². The number of nitrogens with one attached hydrogen (secondary N) is 1. The van der Waals surface area contributed by atoms with E-state index in [1.54, 1.807) is 12.1 Å². The third kappa shape index (κ3) is 5.15. The van der Waals surface area contributed by atoms with Crippen LogP contribution in [0.2, 0.25) is 0 Å². The van der Waals surface area contributed by atoms with Crippen LogP contribution in [-0.4, -0.2) is 24.3 Å². The molecule has 1 heterocycles. The second kappa shape index (κ2) is 7.47. The molecule has 0 aliphatic heterocycles. The van der Waals surface area contributed by atoms with Gasteiger partial charge in [0.15, 0.2) is 0 Å². The Morgan fingerprint density at radius 2 is 1.92 bits per heavy atom. The molecule has 25 heavy (non-hydrogen) atoms. The summed E-state index contributed by atoms with van der Waals surface area (Å²) in [6.45, 7) is 3.93. The van der Waals surface area contributed by atoms with E-state index in [0.29, 0.717) is 23.6 Å². The van der Waals surface area contributed by atoms with Crippen LogP contribution in [0.1, 0.15) is 26.7 Å². The Balaban J connectivity index is 2.26. The van der Waals surface area contributed by atoms with Gasteiger partial charge in [0.05, 0.1) is 10.6 Å². The van der Waals surface area contributed by atoms with Crippen LogP contribution in [0.3, 0.4) is 0 Å². The molecule has 0 aliphatic rings. The Labute approximate surface area is 146 Å². The van der Waals surface area contributed by atoms with Crippen LogP contribution in [-0.2, 0) is 14.8 Å². The first-order valence-electron chi connectivity index (χ1n) is 7.73. The van der Waals surface area contributed by atoms with E-state index in [4.69, 9.17) is 11.5 Å². The normalized spacial score (nSPS) is 11.5. The Kier molecular flexibility index (Phi) is 5.58. The van der Waals surface area contributed by atoms with Crippen LogP contribution in [0, 0.1) is 5.92 Å². The first kappa shape index (κ1) is 18.7. The topological polar surface area (TPSA) is 141 Å². The van der Waals surface area contributed by atoms with Crippen LogP contribution in [0.15, 0.2) is 35.2 Å². The molecular formula is C16H21N5O3S. The van der Waals surface area contributed by atoms with Gasteiger partial charge in [-0.15, -0.1) is 0 Å². The summed E-state index contributed by atoms with van der Waals surface area (Å²) in [5, 5.41) is 0. The number of nitrogen functional groups attached to an aromatic ring is 2. The van der Waals surface area contributed by atoms with Crippen molar-refractivity contribution in [3.8, 4) is 11.3 Å². The Morgan fingerprint density at radius 1 is 1.20 bits per heavy atom. The highest BCUT2D eigenvalue weighted by Gasteiger charge is 2.18. The van der Waals surface area contributed by atoms with Gasteiger partial charge in [-0.25, -0.2) is 18.1 Å². The largest absolute Gasteiger partial charge is 0.384 e. The number of carbonyl (C=O) groups is 1. The van der Waals surface area contributed by atoms with E-state index in [2.05, 4.69) is 14.7 Å². The first-order chi connectivity index (χ1) is 11.7. The molecule has 5 N–H and O–H groups in total. The van der Waals surface area contributed by atoms with Gasteiger partial charge in [-0.1, -0.05) is 26.0 Å². The van der Waals surface area contributed by atoms with Crippen molar-refractivity contribution in [2.75, 3.05) is 11.5 Å². The molecular weight excluding hydrogens is 342 g/mol. The minimum absolute atomic E-state index is 0.00903. The number of sulfonamides is 1. The quantitative estimate of drug-likeness (QED) is 0.707. The predicted molar refractivity (Wildman–Crippen MR) is 95.7 cm³/mol. The third-order valence-corrected chi connectivity index (χ3v) is 4.77. The summed E-state index contributed by atoms with van der Waals surface area (Å²) in [5.74, 6) is -0.0527. The van der Waals surface area contributed by atoms with Crippen LogP contribution < -0.4 is 16.2 Å². The number of carbonyl (C=O) groups excluding carboxylic acids is 1. The lowest BCUT2D eigenvalue weighted by Gasteiger charge is -2.09. The van der Waals surface area contributed by atoms with E-state index in [1.165, 1.54) is 18.2 Å². The molecule has 0 unspecified atom stereocenters. The van der Waals surface area contributed by atoms with Crippen molar-refractivity contribution < 1.29 is 13.2 Å². The highest BCUT2D eigenvalue weighted by Crippen LogP contribution is 2.22. The lowest BCUT2D eigenvalue weighted by Crippen LogP contribution is -2.30. The number of amides is 1. The zero-order valence-electron chi connectivity index (χ0n) is 14.1. The molecule has 2 aromatic rings. The fraction of sp³-hybridized carbons (Fsp3) is 0.312. The second-order valence-electron chi connectivity index (χ2n) is 6.03. The molecule has 0 radical (unpaired) electrons. The zero-order chi connectivity index (χ0) is 18.6. The van der Waals surface area contributed by atoms with Gasteiger partial charge in [0, 0.05) is 18.1 Å². The lowest BCUT2D eigenvalue weighted by atomic mass is 10.1. The average Bonchev–Trinajstić information content (AvgIpc) is 2.52. The number of hydrogen-bond acceptors (Lipinski definition) is 7. The molecule has 1 aromatic carbocycles. The molecule has 1 amide bonds. The van der Waals surface area contributed by atoms with Crippen LogP contribution in [0.25, 0.3) is 11.3 Å². The number of rotatable bonds is 6. The molecule has 134 valence electrons. The molecule has 0 saturated carbocycles. The highest BCUT2D eigenvalue weighted by atomic mass is 32.2. The van der Waals surface area contributed by atoms with E-state index in [0.717, 1.165) is 0 Å². The number of aromatic nitrogens is 2. The lowest BCUT2D eigenvalue weighted by molar-refractivity contribution is -0.119. The molecule has 0 bridgehead atoms. The Bertz CT molecular complexity index is 861. The summed E-state index contributed by atoms with van der Waals surface area (Å²) in [6.07, 6.45) is 0.760. The fourth-order valence-electron chi connectivity index (χ4n) is 2.14. The maximum atomic E-state index is 12.4. The number of anilines is 2. The summed E-state index contributed by atoms with van der Waals surface area (Å²) in [5.41, 5.74) is 12.1. The molecule has 0 saturated heterocycles. The first-order valence-corrected chi connectivity index (χ1v) is 9.22. The Morgan fingerprint density at radius 3 is 2.56 bits per heavy atom. The van der Waals surface area contributed by atoms with Crippen molar-refractivity contribution in [3.05, 3.63) is 30.3 Å². The van der Waals surface area contributed by atoms with Gasteiger partial charge in [-0.2, -0.15) is 4.98 Å². The van der Waals surface area contributed by atoms with Crippen molar-refractivity contribution in [1.82, 2.24) is 14.7 Å². The fourth-order valence-corrected chi connectivity index (χ4v) is 3.19. The minimum atomic E-state index is -3.96. The number of hydrogen-bond donors (Lipinski definition) is 3. The summed E-state index contributed by atoms with van der Waals surface area (Å²) in [7, 11) is -3.96. The molecule has 1 aromatic heterocycles. The van der Waals surface area contributed by atoms with Crippen molar-refractivity contribution in [3.63, 3.8) is 0 Å². The summed E-state index contributed by atoms with van der Waals surface area (Å²) in [6, 6.07) is 7.51. The van der Waals surface area contributed by atoms with E-state index in [1.807, 2.05) is 13.8 Å². The summed E-state index contributed by atoms with van der Waals surface area (Å²) >= 11 is 0. The van der Waals surface area contributed by atoms with Crippen molar-refractivity contribution in [2.45, 2.75) is 31.6 Å². The average molecular weight is 363 g/mol. The highest BCUT2D eigenvalue weighted by molar-refractivity contribution is 7.90. The molecule has 8 nitrogen and oxygen atoms in total. The number of benzene rings is 1. The van der Waals surface area contributed by atoms with Gasteiger partial charge in [0.25, 0.3) is 10.0 Å². The van der Waals surface area contributed by atoms with Gasteiger partial charge in [0.1, 0.15) is 5.82 Å². The van der Waals surface area contributed by atoms with Crippen molar-refractivity contribution in [1.29, 1.82) is 0 Å². The van der Waals surface area contributed by atoms with Gasteiger partial charge >= 0.3 is 0 Å². The molecule has 0 spiro atoms. The molecule has 0 aliphatic carbocycles. The minimum Gasteiger partial charge on any atom is -0.384 e. The summed E-state index contributed by atoms with van der Waals surface area (Å²) < 4.78 is 26.9. The monoisotopic (exact) mass is 363 g/mol. The molecule has 0 fully saturated rings. The van der Waals surface area contributed by atoms with Crippen LogP contribution in [0.4, 0.5) is 11.8 Å². The zero-order valence-corrected chi connectivity index (χ0v) is 14.9. The molecule has 2 rings (SSSR count). The third-order valence-electron chi connectivity index (χ3n) is 3.40. The standard InChI is InChI=1S/C16H21N5O3S/c1-10(2)6-7-15(22)21-25(23,24)12-5-3-4-11(8-12)13-9-14(17)20-16(18)19-13/h3-5,8-10H,6-7H2,1-2H3,(H,21,22)(H4,17,18,19,20). The van der Waals surface area contributed by atoms with Crippen molar-refractivity contribution >= 4 is 27.7 Å². The van der Waals surface area contributed by atoms with E-state index in [-0.39, 0.29) is 23.1 Å². The van der Waals surface area contributed by atoms with Gasteiger partial charge < -0.3 is 11.5 Å². The Hall–Kier alpha value is -2.68. The number of nitrogens with two attached hydrogens (primary N) is 2. The smallest absolute Gasteiger partial charge is 0.264 e. The van der Waals surface area contributed by atoms with Gasteiger partial charge in [-0.05, 0) is 24.5 Å². The summed E-state index contributed by atoms with van der Waals surface area (Å²) in [4.78, 5) is 19.6. The van der Waals surface area contributed by atoms with E-state index < -0.39 is 15.9 Å². The molecule has 0 atom stereocenters. The van der Waals surface area contributed by atoms with Crippen molar-refractivity contribution in [2.24, 2.45) is 5.92 Å². The molecule has 9 heteroatoms. The van der Waals surface area contributed by atoms with E-state index in [9.17, 15) is 13.2 Å². The SMILES string of the molecule is CC(C)CCC(=O)NS(=O)(=O)c1cccc(-c2cc(N)nc(N)n2)c1. The van der Waals surface area contributed by atoms with Crippen LogP contribution in [0.5, 0.6) is 0 Å². The van der Waals surface area contributed by atoms with Gasteiger partial charge in [-0.3, -0.25) is 4.79 Å². The maximum absolute atomic E-state index is 12.4.